The molecule has 0 heterocycles. The quantitative estimate of drug-likeness (QED) is 0.299. The Labute approximate surface area is 140 Å². The van der Waals surface area contributed by atoms with Gasteiger partial charge in [0.05, 0.1) is 0 Å². The molecule has 0 saturated carbocycles. The van der Waals surface area contributed by atoms with Crippen molar-refractivity contribution in [2.75, 3.05) is 26.3 Å². The highest BCUT2D eigenvalue weighted by molar-refractivity contribution is 4.50. The maximum atomic E-state index is 5.65. The molecule has 2 heteroatoms. The van der Waals surface area contributed by atoms with Crippen LogP contribution in [-0.2, 0) is 4.74 Å². The van der Waals surface area contributed by atoms with Crippen molar-refractivity contribution in [3.8, 4) is 0 Å². The second-order valence-electron chi connectivity index (χ2n) is 6.46. The molecule has 0 aliphatic heterocycles. The van der Waals surface area contributed by atoms with Crippen molar-refractivity contribution in [1.29, 1.82) is 0 Å². The predicted molar refractivity (Wildman–Crippen MR) is 99.4 cm³/mol. The third kappa shape index (κ3) is 19.9. The average Bonchev–Trinajstić information content (AvgIpc) is 2.54. The standard InChI is InChI=1S/C20H42NO/c1-3-5-6-7-8-9-10-11-12-13-14-15-19-22-20-16-18-21-17-4-2/h21H,2-20H2,1H3. The second-order valence-corrected chi connectivity index (χ2v) is 6.46. The zero-order valence-corrected chi connectivity index (χ0v) is 15.3. The number of nitrogens with one attached hydrogen (secondary N) is 1. The van der Waals surface area contributed by atoms with E-state index in [0.29, 0.717) is 0 Å². The van der Waals surface area contributed by atoms with Gasteiger partial charge in [-0.05, 0) is 32.4 Å². The van der Waals surface area contributed by atoms with Gasteiger partial charge in [0.1, 0.15) is 0 Å². The van der Waals surface area contributed by atoms with Crippen LogP contribution in [0.15, 0.2) is 0 Å². The highest BCUT2D eigenvalue weighted by atomic mass is 16.5. The van der Waals surface area contributed by atoms with E-state index in [1.54, 1.807) is 0 Å². The number of rotatable bonds is 19. The van der Waals surface area contributed by atoms with Gasteiger partial charge in [-0.3, -0.25) is 0 Å². The molecular weight excluding hydrogens is 270 g/mol. The van der Waals surface area contributed by atoms with E-state index < -0.39 is 0 Å². The Morgan fingerprint density at radius 3 is 1.68 bits per heavy atom. The van der Waals surface area contributed by atoms with E-state index >= 15 is 0 Å². The van der Waals surface area contributed by atoms with E-state index in [4.69, 9.17) is 4.74 Å². The van der Waals surface area contributed by atoms with Crippen molar-refractivity contribution in [3.63, 3.8) is 0 Å². The van der Waals surface area contributed by atoms with Crippen LogP contribution in [0.2, 0.25) is 0 Å². The van der Waals surface area contributed by atoms with Crippen LogP contribution in [0.3, 0.4) is 0 Å². The maximum absolute atomic E-state index is 5.65. The molecule has 0 saturated heterocycles. The molecule has 0 aliphatic rings. The summed E-state index contributed by atoms with van der Waals surface area (Å²) in [5.41, 5.74) is 0. The van der Waals surface area contributed by atoms with Gasteiger partial charge in [0.2, 0.25) is 0 Å². The summed E-state index contributed by atoms with van der Waals surface area (Å²) in [6.45, 7) is 10.0. The van der Waals surface area contributed by atoms with Crippen LogP contribution in [-0.4, -0.2) is 26.3 Å². The van der Waals surface area contributed by atoms with Crippen LogP contribution in [0.5, 0.6) is 0 Å². The first-order valence-corrected chi connectivity index (χ1v) is 9.99. The third-order valence-corrected chi connectivity index (χ3v) is 4.14. The van der Waals surface area contributed by atoms with Crippen molar-refractivity contribution in [2.24, 2.45) is 0 Å². The molecule has 0 fully saturated rings. The number of hydrogen-bond donors (Lipinski definition) is 1. The highest BCUT2D eigenvalue weighted by Gasteiger charge is 1.94. The summed E-state index contributed by atoms with van der Waals surface area (Å²) in [5, 5.41) is 3.34. The Morgan fingerprint density at radius 1 is 0.636 bits per heavy atom. The molecule has 0 aromatic carbocycles. The minimum Gasteiger partial charge on any atom is -0.381 e. The van der Waals surface area contributed by atoms with Crippen molar-refractivity contribution in [1.82, 2.24) is 5.32 Å². The van der Waals surface area contributed by atoms with E-state index in [9.17, 15) is 0 Å². The van der Waals surface area contributed by atoms with Gasteiger partial charge in [-0.25, -0.2) is 0 Å². The average molecular weight is 313 g/mol. The third-order valence-electron chi connectivity index (χ3n) is 4.14. The normalized spacial score (nSPS) is 11.2. The van der Waals surface area contributed by atoms with Gasteiger partial charge < -0.3 is 10.1 Å². The van der Waals surface area contributed by atoms with Crippen LogP contribution in [0.1, 0.15) is 96.8 Å². The number of hydrogen-bond acceptors (Lipinski definition) is 2. The fourth-order valence-corrected chi connectivity index (χ4v) is 2.70. The molecule has 0 amide bonds. The van der Waals surface area contributed by atoms with E-state index in [2.05, 4.69) is 19.2 Å². The van der Waals surface area contributed by atoms with Gasteiger partial charge in [0, 0.05) is 13.2 Å². The van der Waals surface area contributed by atoms with Gasteiger partial charge in [-0.15, -0.1) is 0 Å². The van der Waals surface area contributed by atoms with Crippen molar-refractivity contribution in [3.05, 3.63) is 6.92 Å². The molecule has 0 rings (SSSR count). The summed E-state index contributed by atoms with van der Waals surface area (Å²) in [4.78, 5) is 0. The summed E-state index contributed by atoms with van der Waals surface area (Å²) in [5.74, 6) is 0. The Kier molecular flexibility index (Phi) is 20.8. The molecule has 0 unspecified atom stereocenters. The Bertz CT molecular complexity index is 165. The Hall–Kier alpha value is -0.0800. The van der Waals surface area contributed by atoms with Gasteiger partial charge in [0.25, 0.3) is 0 Å². The SMILES string of the molecule is [CH2]CCNCCCOCCCCCCCCCCCCCC. The smallest absolute Gasteiger partial charge is 0.0478 e. The van der Waals surface area contributed by atoms with E-state index in [-0.39, 0.29) is 0 Å². The fourth-order valence-electron chi connectivity index (χ4n) is 2.70. The minimum absolute atomic E-state index is 0.905. The van der Waals surface area contributed by atoms with Crippen LogP contribution in [0, 0.1) is 6.92 Å². The van der Waals surface area contributed by atoms with E-state index in [0.717, 1.165) is 39.1 Å². The number of unbranched alkanes of at least 4 members (excludes halogenated alkanes) is 11. The van der Waals surface area contributed by atoms with Crippen LogP contribution < -0.4 is 5.32 Å². The molecule has 0 aromatic heterocycles. The first-order valence-electron chi connectivity index (χ1n) is 9.99. The lowest BCUT2D eigenvalue weighted by Crippen LogP contribution is -2.17. The van der Waals surface area contributed by atoms with Crippen LogP contribution in [0.25, 0.3) is 0 Å². The predicted octanol–water partition coefficient (Wildman–Crippen LogP) is 5.91. The van der Waals surface area contributed by atoms with Gasteiger partial charge in [-0.2, -0.15) is 0 Å². The van der Waals surface area contributed by atoms with Gasteiger partial charge in [-0.1, -0.05) is 84.5 Å². The lowest BCUT2D eigenvalue weighted by molar-refractivity contribution is 0.127. The van der Waals surface area contributed by atoms with Crippen molar-refractivity contribution < 1.29 is 4.74 Å². The second kappa shape index (κ2) is 20.9. The lowest BCUT2D eigenvalue weighted by atomic mass is 10.1. The maximum Gasteiger partial charge on any atom is 0.0478 e. The zero-order valence-electron chi connectivity index (χ0n) is 15.3. The molecule has 133 valence electrons. The van der Waals surface area contributed by atoms with Gasteiger partial charge >= 0.3 is 0 Å². The molecule has 0 spiro atoms. The summed E-state index contributed by atoms with van der Waals surface area (Å²) in [7, 11) is 0. The summed E-state index contributed by atoms with van der Waals surface area (Å²) >= 11 is 0. The van der Waals surface area contributed by atoms with E-state index in [1.165, 1.54) is 77.0 Å². The highest BCUT2D eigenvalue weighted by Crippen LogP contribution is 2.11. The van der Waals surface area contributed by atoms with E-state index in [1.807, 2.05) is 0 Å². The van der Waals surface area contributed by atoms with Crippen LogP contribution >= 0.6 is 0 Å². The molecule has 1 N–H and O–H groups in total. The summed E-state index contributed by atoms with van der Waals surface area (Å²) in [6.07, 6.45) is 19.0. The molecule has 0 bridgehead atoms. The fraction of sp³-hybridized carbons (Fsp3) is 0.950. The first-order chi connectivity index (χ1) is 10.9. The molecule has 2 nitrogen and oxygen atoms in total. The Balaban J connectivity index is 2.91. The Morgan fingerprint density at radius 2 is 1.14 bits per heavy atom. The monoisotopic (exact) mass is 312 g/mol. The molecule has 22 heavy (non-hydrogen) atoms. The topological polar surface area (TPSA) is 21.3 Å². The first kappa shape index (κ1) is 21.9. The van der Waals surface area contributed by atoms with Crippen molar-refractivity contribution in [2.45, 2.75) is 96.8 Å². The summed E-state index contributed by atoms with van der Waals surface area (Å²) < 4.78 is 5.65. The van der Waals surface area contributed by atoms with Crippen molar-refractivity contribution >= 4 is 0 Å². The van der Waals surface area contributed by atoms with Gasteiger partial charge in [0.15, 0.2) is 0 Å². The zero-order chi connectivity index (χ0) is 16.1. The van der Waals surface area contributed by atoms with Crippen LogP contribution in [0.4, 0.5) is 0 Å². The molecule has 0 atom stereocenters. The molecule has 0 aromatic rings. The number of ether oxygens (including phenoxy) is 1. The lowest BCUT2D eigenvalue weighted by Gasteiger charge is -2.05. The molecular formula is C20H42NO. The molecule has 0 aliphatic carbocycles. The summed E-state index contributed by atoms with van der Waals surface area (Å²) in [6, 6.07) is 0. The minimum atomic E-state index is 0.905. The molecule has 1 radical (unpaired) electrons. The largest absolute Gasteiger partial charge is 0.381 e.